The van der Waals surface area contributed by atoms with Gasteiger partial charge in [0.25, 0.3) is 5.91 Å². The Labute approximate surface area is 165 Å². The first kappa shape index (κ1) is 20.1. The number of fused-ring (bicyclic) bond motifs is 1. The zero-order valence-corrected chi connectivity index (χ0v) is 17.0. The van der Waals surface area contributed by atoms with E-state index in [4.69, 9.17) is 14.2 Å². The number of amides is 1. The largest absolute Gasteiger partial charge is 0.471 e. The molecule has 1 aromatic carbocycles. The van der Waals surface area contributed by atoms with Gasteiger partial charge in [0.05, 0.1) is 24.9 Å². The van der Waals surface area contributed by atoms with E-state index in [1.54, 1.807) is 7.11 Å². The molecular weight excluding hydrogens is 358 g/mol. The molecule has 1 N–H and O–H groups in total. The molecule has 1 aliphatic carbocycles. The summed E-state index contributed by atoms with van der Waals surface area (Å²) in [6.07, 6.45) is 3.69. The summed E-state index contributed by atoms with van der Waals surface area (Å²) < 4.78 is 16.0. The molecule has 1 aromatic rings. The average molecular weight is 385 g/mol. The van der Waals surface area contributed by atoms with Crippen molar-refractivity contribution < 1.29 is 23.8 Å². The van der Waals surface area contributed by atoms with Crippen LogP contribution in [0.15, 0.2) is 35.6 Å². The molecule has 1 heterocycles. The molecule has 0 aromatic heterocycles. The van der Waals surface area contributed by atoms with E-state index in [9.17, 15) is 9.59 Å². The second-order valence-corrected chi connectivity index (χ2v) is 7.41. The van der Waals surface area contributed by atoms with Gasteiger partial charge in [0.1, 0.15) is 0 Å². The summed E-state index contributed by atoms with van der Waals surface area (Å²) in [5, 5.41) is 3.02. The molecule has 0 bridgehead atoms. The van der Waals surface area contributed by atoms with Gasteiger partial charge in [0.2, 0.25) is 6.29 Å². The number of nitrogens with one attached hydrogen (secondary N) is 1. The number of benzene rings is 1. The molecule has 0 saturated carbocycles. The Bertz CT molecular complexity index is 831. The summed E-state index contributed by atoms with van der Waals surface area (Å²) in [4.78, 5) is 24.9. The first-order valence-electron chi connectivity index (χ1n) is 9.39. The molecule has 150 valence electrons. The van der Waals surface area contributed by atoms with E-state index in [-0.39, 0.29) is 17.7 Å². The minimum atomic E-state index is -0.494. The van der Waals surface area contributed by atoms with Crippen LogP contribution in [0.1, 0.15) is 33.5 Å². The van der Waals surface area contributed by atoms with E-state index in [2.05, 4.69) is 11.4 Å². The molecule has 0 saturated heterocycles. The van der Waals surface area contributed by atoms with Gasteiger partial charge in [-0.05, 0) is 43.9 Å². The molecule has 28 heavy (non-hydrogen) atoms. The van der Waals surface area contributed by atoms with E-state index in [0.717, 1.165) is 22.3 Å². The number of hydrogen-bond acceptors (Lipinski definition) is 5. The van der Waals surface area contributed by atoms with Crippen LogP contribution >= 0.6 is 0 Å². The Morgan fingerprint density at radius 2 is 1.86 bits per heavy atom. The highest BCUT2D eigenvalue weighted by Crippen LogP contribution is 2.43. The van der Waals surface area contributed by atoms with Gasteiger partial charge >= 0.3 is 5.97 Å². The Balaban J connectivity index is 1.74. The van der Waals surface area contributed by atoms with E-state index in [1.165, 1.54) is 13.4 Å². The number of ether oxygens (including phenoxy) is 3. The molecule has 6 nitrogen and oxygen atoms in total. The second kappa shape index (κ2) is 8.19. The molecule has 0 unspecified atom stereocenters. The van der Waals surface area contributed by atoms with Crippen LogP contribution in [0.4, 0.5) is 0 Å². The number of carbonyl (C=O) groups is 2. The Morgan fingerprint density at radius 3 is 2.46 bits per heavy atom. The van der Waals surface area contributed by atoms with Crippen LogP contribution in [0.25, 0.3) is 0 Å². The summed E-state index contributed by atoms with van der Waals surface area (Å²) in [5.41, 5.74) is 5.27. The van der Waals surface area contributed by atoms with Gasteiger partial charge in [-0.2, -0.15) is 0 Å². The molecule has 1 amide bonds. The van der Waals surface area contributed by atoms with Crippen LogP contribution in [-0.2, 0) is 19.0 Å². The van der Waals surface area contributed by atoms with Crippen LogP contribution in [0.5, 0.6) is 0 Å². The molecular formula is C22H27NO5. The first-order chi connectivity index (χ1) is 13.4. The maximum Gasteiger partial charge on any atom is 0.337 e. The smallest absolute Gasteiger partial charge is 0.337 e. The number of allylic oxidation sites excluding steroid dienone is 1. The quantitative estimate of drug-likeness (QED) is 0.623. The van der Waals surface area contributed by atoms with Gasteiger partial charge < -0.3 is 19.5 Å². The predicted molar refractivity (Wildman–Crippen MR) is 105 cm³/mol. The standard InChI is InChI=1S/C22H27NO5/c1-12-8-13(2)18(14(3)9-12)20(24)23-10-15-6-7-16-17(21(25)26-4)11-28-22(27-5)19(15)16/h6,8-9,11,16,19,22H,7,10H2,1-5H3,(H,23,24)/t16-,19-,22-/m1/s1. The number of rotatable bonds is 5. The maximum atomic E-state index is 12.8. The third kappa shape index (κ3) is 3.69. The van der Waals surface area contributed by atoms with Crippen molar-refractivity contribution in [1.82, 2.24) is 5.32 Å². The average Bonchev–Trinajstić information content (AvgIpc) is 3.08. The SMILES string of the molecule is COC(=O)C1=CO[C@@H](OC)[C@@H]2C(CNC(=O)c3c(C)cc(C)cc3C)=CC[C@H]12. The summed E-state index contributed by atoms with van der Waals surface area (Å²) >= 11 is 0. The highest BCUT2D eigenvalue weighted by molar-refractivity contribution is 5.97. The second-order valence-electron chi connectivity index (χ2n) is 7.41. The molecule has 3 rings (SSSR count). The normalized spacial score (nSPS) is 23.2. The minimum absolute atomic E-state index is 0.0686. The number of methoxy groups -OCH3 is 2. The van der Waals surface area contributed by atoms with Crippen LogP contribution in [0, 0.1) is 32.6 Å². The van der Waals surface area contributed by atoms with Crippen molar-refractivity contribution in [3.8, 4) is 0 Å². The Morgan fingerprint density at radius 1 is 1.18 bits per heavy atom. The van der Waals surface area contributed by atoms with E-state index < -0.39 is 12.3 Å². The molecule has 0 fully saturated rings. The van der Waals surface area contributed by atoms with Gasteiger partial charge in [0.15, 0.2) is 0 Å². The van der Waals surface area contributed by atoms with Crippen molar-refractivity contribution in [2.24, 2.45) is 11.8 Å². The fourth-order valence-electron chi connectivity index (χ4n) is 4.34. The molecule has 6 heteroatoms. The highest BCUT2D eigenvalue weighted by atomic mass is 16.7. The first-order valence-corrected chi connectivity index (χ1v) is 9.39. The van der Waals surface area contributed by atoms with Crippen LogP contribution in [-0.4, -0.2) is 38.9 Å². The van der Waals surface area contributed by atoms with E-state index in [1.807, 2.05) is 32.9 Å². The van der Waals surface area contributed by atoms with Crippen molar-refractivity contribution in [2.45, 2.75) is 33.5 Å². The lowest BCUT2D eigenvalue weighted by Crippen LogP contribution is -2.39. The molecule has 2 aliphatic rings. The van der Waals surface area contributed by atoms with Crippen molar-refractivity contribution in [3.05, 3.63) is 57.9 Å². The molecule has 1 aliphatic heterocycles. The third-order valence-corrected chi connectivity index (χ3v) is 5.53. The van der Waals surface area contributed by atoms with Crippen LogP contribution in [0.2, 0.25) is 0 Å². The number of hydrogen-bond donors (Lipinski definition) is 1. The van der Waals surface area contributed by atoms with Gasteiger partial charge in [-0.25, -0.2) is 4.79 Å². The fraction of sp³-hybridized carbons (Fsp3) is 0.455. The lowest BCUT2D eigenvalue weighted by Gasteiger charge is -2.34. The molecule has 0 spiro atoms. The third-order valence-electron chi connectivity index (χ3n) is 5.53. The summed E-state index contributed by atoms with van der Waals surface area (Å²) in [6.45, 7) is 6.29. The van der Waals surface area contributed by atoms with Crippen molar-refractivity contribution >= 4 is 11.9 Å². The molecule has 0 radical (unpaired) electrons. The highest BCUT2D eigenvalue weighted by Gasteiger charge is 2.44. The topological polar surface area (TPSA) is 73.9 Å². The van der Waals surface area contributed by atoms with Gasteiger partial charge in [0, 0.05) is 25.1 Å². The van der Waals surface area contributed by atoms with Crippen LogP contribution in [0.3, 0.4) is 0 Å². The van der Waals surface area contributed by atoms with Gasteiger partial charge in [-0.15, -0.1) is 0 Å². The summed E-state index contributed by atoms with van der Waals surface area (Å²) in [7, 11) is 2.93. The van der Waals surface area contributed by atoms with E-state index >= 15 is 0 Å². The summed E-state index contributed by atoms with van der Waals surface area (Å²) in [6, 6.07) is 4.02. The number of carbonyl (C=O) groups excluding carboxylic acids is 2. The van der Waals surface area contributed by atoms with Crippen molar-refractivity contribution in [1.29, 1.82) is 0 Å². The van der Waals surface area contributed by atoms with Crippen molar-refractivity contribution in [3.63, 3.8) is 0 Å². The summed E-state index contributed by atoms with van der Waals surface area (Å²) in [5.74, 6) is -0.701. The van der Waals surface area contributed by atoms with E-state index in [0.29, 0.717) is 24.1 Å². The maximum absolute atomic E-state index is 12.8. The fourth-order valence-corrected chi connectivity index (χ4v) is 4.34. The minimum Gasteiger partial charge on any atom is -0.471 e. The molecule has 3 atom stereocenters. The monoisotopic (exact) mass is 385 g/mol. The zero-order chi connectivity index (χ0) is 20.4. The predicted octanol–water partition coefficient (Wildman–Crippen LogP) is 2.96. The van der Waals surface area contributed by atoms with Gasteiger partial charge in [-0.1, -0.05) is 23.8 Å². The Kier molecular flexibility index (Phi) is 5.89. The van der Waals surface area contributed by atoms with Crippen LogP contribution < -0.4 is 5.32 Å². The van der Waals surface area contributed by atoms with Gasteiger partial charge in [-0.3, -0.25) is 4.79 Å². The van der Waals surface area contributed by atoms with Crippen molar-refractivity contribution in [2.75, 3.05) is 20.8 Å². The zero-order valence-electron chi connectivity index (χ0n) is 17.0. The number of esters is 1. The Hall–Kier alpha value is -2.60. The lowest BCUT2D eigenvalue weighted by atomic mass is 9.83. The number of aryl methyl sites for hydroxylation is 3. The lowest BCUT2D eigenvalue weighted by molar-refractivity contribution is -0.146.